The number of rotatable bonds is 3. The highest BCUT2D eigenvalue weighted by Gasteiger charge is 2.38. The quantitative estimate of drug-likeness (QED) is 0.641. The van der Waals surface area contributed by atoms with Crippen LogP contribution in [0.15, 0.2) is 34.5 Å². The Morgan fingerprint density at radius 1 is 1.25 bits per heavy atom. The summed E-state index contributed by atoms with van der Waals surface area (Å²) in [6.07, 6.45) is -1.73. The SMILES string of the molecule is CSc1nnc(C(F)(F)F)n1/N=C/c1ccc(Cl)cc1. The van der Waals surface area contributed by atoms with Gasteiger partial charge >= 0.3 is 6.18 Å². The summed E-state index contributed by atoms with van der Waals surface area (Å²) in [6, 6.07) is 6.52. The van der Waals surface area contributed by atoms with Crippen molar-refractivity contribution in [2.75, 3.05) is 6.26 Å². The smallest absolute Gasteiger partial charge is 0.183 e. The van der Waals surface area contributed by atoms with Gasteiger partial charge in [0.2, 0.25) is 5.16 Å². The molecule has 0 fully saturated rings. The molecule has 0 spiro atoms. The molecule has 0 atom stereocenters. The van der Waals surface area contributed by atoms with Crippen molar-refractivity contribution < 1.29 is 13.2 Å². The van der Waals surface area contributed by atoms with Crippen LogP contribution in [0.4, 0.5) is 13.2 Å². The van der Waals surface area contributed by atoms with Crippen molar-refractivity contribution in [1.29, 1.82) is 0 Å². The Morgan fingerprint density at radius 3 is 2.45 bits per heavy atom. The maximum atomic E-state index is 12.8. The van der Waals surface area contributed by atoms with Gasteiger partial charge in [-0.3, -0.25) is 0 Å². The zero-order chi connectivity index (χ0) is 14.8. The Hall–Kier alpha value is -1.54. The van der Waals surface area contributed by atoms with E-state index in [1.807, 2.05) is 0 Å². The summed E-state index contributed by atoms with van der Waals surface area (Å²) in [4.78, 5) is 0. The van der Waals surface area contributed by atoms with E-state index in [4.69, 9.17) is 11.6 Å². The maximum absolute atomic E-state index is 12.8. The lowest BCUT2D eigenvalue weighted by Crippen LogP contribution is -2.13. The molecule has 4 nitrogen and oxygen atoms in total. The van der Waals surface area contributed by atoms with Gasteiger partial charge in [0.15, 0.2) is 0 Å². The minimum absolute atomic E-state index is 0.0579. The van der Waals surface area contributed by atoms with Gasteiger partial charge in [0, 0.05) is 5.02 Å². The van der Waals surface area contributed by atoms with Crippen molar-refractivity contribution in [2.24, 2.45) is 5.10 Å². The third-order valence-electron chi connectivity index (χ3n) is 2.24. The van der Waals surface area contributed by atoms with Crippen molar-refractivity contribution in [1.82, 2.24) is 14.9 Å². The van der Waals surface area contributed by atoms with Crippen LogP contribution in [0.25, 0.3) is 0 Å². The fraction of sp³-hybridized carbons (Fsp3) is 0.182. The molecule has 9 heteroatoms. The second-order valence-corrected chi connectivity index (χ2v) is 4.83. The zero-order valence-corrected chi connectivity index (χ0v) is 11.7. The third-order valence-corrected chi connectivity index (χ3v) is 3.11. The number of aromatic nitrogens is 3. The number of hydrogen-bond acceptors (Lipinski definition) is 4. The fourth-order valence-electron chi connectivity index (χ4n) is 1.35. The predicted molar refractivity (Wildman–Crippen MR) is 71.2 cm³/mol. The molecule has 1 heterocycles. The van der Waals surface area contributed by atoms with Gasteiger partial charge in [0.25, 0.3) is 5.82 Å². The molecule has 0 N–H and O–H groups in total. The Morgan fingerprint density at radius 2 is 1.90 bits per heavy atom. The molecule has 0 saturated carbocycles. The normalized spacial score (nSPS) is 12.2. The number of benzene rings is 1. The highest BCUT2D eigenvalue weighted by Crippen LogP contribution is 2.29. The molecular formula is C11H8ClF3N4S. The molecular weight excluding hydrogens is 313 g/mol. The number of nitrogens with zero attached hydrogens (tertiary/aromatic N) is 4. The van der Waals surface area contributed by atoms with Crippen molar-refractivity contribution in [3.05, 3.63) is 40.7 Å². The largest absolute Gasteiger partial charge is 0.453 e. The van der Waals surface area contributed by atoms with E-state index in [1.165, 1.54) is 6.21 Å². The molecule has 0 aliphatic carbocycles. The molecule has 2 rings (SSSR count). The van der Waals surface area contributed by atoms with E-state index >= 15 is 0 Å². The van der Waals surface area contributed by atoms with E-state index in [-0.39, 0.29) is 5.16 Å². The van der Waals surface area contributed by atoms with Crippen LogP contribution >= 0.6 is 23.4 Å². The van der Waals surface area contributed by atoms with Crippen LogP contribution < -0.4 is 0 Å². The second kappa shape index (κ2) is 5.84. The summed E-state index contributed by atoms with van der Waals surface area (Å²) in [5.74, 6) is -1.16. The first-order valence-corrected chi connectivity index (χ1v) is 6.88. The van der Waals surface area contributed by atoms with Crippen LogP contribution in [0.5, 0.6) is 0 Å². The lowest BCUT2D eigenvalue weighted by atomic mass is 10.2. The first-order chi connectivity index (χ1) is 9.41. The lowest BCUT2D eigenvalue weighted by molar-refractivity contribution is -0.147. The molecule has 1 aromatic heterocycles. The molecule has 1 aromatic carbocycles. The Bertz CT molecular complexity index is 622. The summed E-state index contributed by atoms with van der Waals surface area (Å²) in [5, 5.41) is 10.9. The van der Waals surface area contributed by atoms with Crippen LogP contribution in [0, 0.1) is 0 Å². The number of thioether (sulfide) groups is 1. The Balaban J connectivity index is 2.37. The van der Waals surface area contributed by atoms with E-state index in [0.29, 0.717) is 15.3 Å². The van der Waals surface area contributed by atoms with E-state index in [1.54, 1.807) is 30.5 Å². The van der Waals surface area contributed by atoms with Gasteiger partial charge in [-0.1, -0.05) is 35.5 Å². The molecule has 0 radical (unpaired) electrons. The van der Waals surface area contributed by atoms with Crippen LogP contribution in [0.1, 0.15) is 11.4 Å². The summed E-state index contributed by atoms with van der Waals surface area (Å²) in [5.41, 5.74) is 0.614. The highest BCUT2D eigenvalue weighted by molar-refractivity contribution is 7.98. The average molecular weight is 321 g/mol. The number of alkyl halides is 3. The molecule has 0 aliphatic heterocycles. The van der Waals surface area contributed by atoms with Crippen molar-refractivity contribution in [3.8, 4) is 0 Å². The summed E-state index contributed by atoms with van der Waals surface area (Å²) in [6.45, 7) is 0. The fourth-order valence-corrected chi connectivity index (χ4v) is 1.90. The highest BCUT2D eigenvalue weighted by atomic mass is 35.5. The van der Waals surface area contributed by atoms with Gasteiger partial charge in [-0.15, -0.1) is 10.2 Å². The first kappa shape index (κ1) is 14.9. The van der Waals surface area contributed by atoms with Crippen molar-refractivity contribution in [3.63, 3.8) is 0 Å². The van der Waals surface area contributed by atoms with E-state index in [0.717, 1.165) is 11.8 Å². The molecule has 106 valence electrons. The van der Waals surface area contributed by atoms with Gasteiger partial charge in [-0.05, 0) is 24.0 Å². The van der Waals surface area contributed by atoms with Crippen molar-refractivity contribution >= 4 is 29.6 Å². The predicted octanol–water partition coefficient (Wildman–Crippen LogP) is 3.55. The molecule has 0 amide bonds. The zero-order valence-electron chi connectivity index (χ0n) is 10.1. The molecule has 2 aromatic rings. The molecule has 20 heavy (non-hydrogen) atoms. The van der Waals surface area contributed by atoms with E-state index < -0.39 is 12.0 Å². The van der Waals surface area contributed by atoms with Crippen LogP contribution in [0.3, 0.4) is 0 Å². The summed E-state index contributed by atoms with van der Waals surface area (Å²) in [7, 11) is 0. The summed E-state index contributed by atoms with van der Waals surface area (Å²) < 4.78 is 38.9. The molecule has 0 saturated heterocycles. The minimum Gasteiger partial charge on any atom is -0.183 e. The van der Waals surface area contributed by atoms with Gasteiger partial charge in [-0.2, -0.15) is 22.9 Å². The first-order valence-electron chi connectivity index (χ1n) is 5.28. The maximum Gasteiger partial charge on any atom is 0.453 e. The van der Waals surface area contributed by atoms with E-state index in [9.17, 15) is 13.2 Å². The Kier molecular flexibility index (Phi) is 4.34. The standard InChI is InChI=1S/C11H8ClF3N4S/c1-20-10-18-17-9(11(13,14)15)19(10)16-6-7-2-4-8(12)5-3-7/h2-6H,1H3/b16-6+. The topological polar surface area (TPSA) is 43.1 Å². The van der Waals surface area contributed by atoms with Gasteiger partial charge in [-0.25, -0.2) is 0 Å². The van der Waals surface area contributed by atoms with Crippen LogP contribution in [-0.2, 0) is 6.18 Å². The molecule has 0 bridgehead atoms. The van der Waals surface area contributed by atoms with Crippen molar-refractivity contribution in [2.45, 2.75) is 11.3 Å². The van der Waals surface area contributed by atoms with Crippen LogP contribution in [-0.4, -0.2) is 27.3 Å². The van der Waals surface area contributed by atoms with Gasteiger partial charge < -0.3 is 0 Å². The van der Waals surface area contributed by atoms with Gasteiger partial charge in [0.05, 0.1) is 6.21 Å². The lowest BCUT2D eigenvalue weighted by Gasteiger charge is -2.05. The molecule has 0 aliphatic rings. The van der Waals surface area contributed by atoms with E-state index in [2.05, 4.69) is 15.3 Å². The second-order valence-electron chi connectivity index (χ2n) is 3.62. The Labute approximate surface area is 121 Å². The molecule has 0 unspecified atom stereocenters. The summed E-state index contributed by atoms with van der Waals surface area (Å²) >= 11 is 6.75. The number of hydrogen-bond donors (Lipinski definition) is 0. The number of halogens is 4. The average Bonchev–Trinajstić information content (AvgIpc) is 2.81. The third kappa shape index (κ3) is 3.31. The van der Waals surface area contributed by atoms with Crippen LogP contribution in [0.2, 0.25) is 5.02 Å². The van der Waals surface area contributed by atoms with Gasteiger partial charge in [0.1, 0.15) is 0 Å². The monoisotopic (exact) mass is 320 g/mol. The minimum atomic E-state index is -4.61.